The number of aliphatic carboxylic acids is 3. The minimum Gasteiger partial charge on any atom is -0.477 e. The Morgan fingerprint density at radius 2 is 0.969 bits per heavy atom. The molecule has 7 nitrogen and oxygen atoms in total. The smallest absolute Gasteiger partial charge is 0.362 e. The van der Waals surface area contributed by atoms with Gasteiger partial charge in [-0.05, 0) is 52.9 Å². The number of rotatable bonds is 20. The molecule has 0 aliphatic heterocycles. The highest BCUT2D eigenvalue weighted by Crippen LogP contribution is 2.27. The zero-order chi connectivity index (χ0) is 24.6. The fraction of sp³-hybridized carbons (Fsp3) is 0.800. The summed E-state index contributed by atoms with van der Waals surface area (Å²) in [6.45, 7) is 6.65. The van der Waals surface area contributed by atoms with Crippen molar-refractivity contribution >= 4 is 17.9 Å². The van der Waals surface area contributed by atoms with Crippen LogP contribution in [-0.2, 0) is 14.4 Å². The molecule has 186 valence electrons. The van der Waals surface area contributed by atoms with Crippen LogP contribution in [0.4, 0.5) is 0 Å². The molecule has 3 N–H and O–H groups in total. The predicted octanol–water partition coefficient (Wildman–Crippen LogP) is 5.48. The van der Waals surface area contributed by atoms with E-state index in [1.807, 2.05) is 0 Å². The van der Waals surface area contributed by atoms with Crippen LogP contribution in [0.25, 0.3) is 0 Å². The Balaban J connectivity index is 4.60. The van der Waals surface area contributed by atoms with Crippen molar-refractivity contribution in [1.82, 2.24) is 0 Å². The lowest BCUT2D eigenvalue weighted by Gasteiger charge is -2.47. The zero-order valence-electron chi connectivity index (χ0n) is 20.6. The van der Waals surface area contributed by atoms with Gasteiger partial charge in [0.25, 0.3) is 0 Å². The quantitative estimate of drug-likeness (QED) is 0.127. The Morgan fingerprint density at radius 1 is 0.625 bits per heavy atom. The maximum atomic E-state index is 11.7. The van der Waals surface area contributed by atoms with Gasteiger partial charge in [0.1, 0.15) is 0 Å². The van der Waals surface area contributed by atoms with Gasteiger partial charge in [0.05, 0.1) is 6.54 Å². The Morgan fingerprint density at radius 3 is 1.34 bits per heavy atom. The van der Waals surface area contributed by atoms with Crippen LogP contribution >= 0.6 is 0 Å². The molecule has 0 aromatic carbocycles. The SMILES string of the molecule is CCCCCCCCCC/C=C/CCCC[N+](C(C)C(=O)O)(C(C)C(=O)O)C(C)C(=O)O. The fourth-order valence-electron chi connectivity index (χ4n) is 4.48. The van der Waals surface area contributed by atoms with Crippen LogP contribution in [-0.4, -0.2) is 62.4 Å². The standard InChI is InChI=1S/C25H45NO6/c1-5-6-7-8-9-10-11-12-13-14-15-16-17-18-19-26(20(2)23(27)28,21(3)24(29)30)22(4)25(31)32/h14-15,20-22H,5-13,16-19H2,1-4H3,(H2-,27,28,29,30,31,32)/p+1/b15-14+. The lowest BCUT2D eigenvalue weighted by molar-refractivity contribution is -0.968. The van der Waals surface area contributed by atoms with Gasteiger partial charge in [-0.2, -0.15) is 0 Å². The van der Waals surface area contributed by atoms with E-state index in [4.69, 9.17) is 0 Å². The second kappa shape index (κ2) is 16.7. The van der Waals surface area contributed by atoms with Crippen molar-refractivity contribution in [3.63, 3.8) is 0 Å². The summed E-state index contributed by atoms with van der Waals surface area (Å²) < 4.78 is -0.498. The number of carboxylic acids is 3. The van der Waals surface area contributed by atoms with Crippen molar-refractivity contribution in [2.75, 3.05) is 6.54 Å². The van der Waals surface area contributed by atoms with Gasteiger partial charge in [-0.3, -0.25) is 4.48 Å². The Labute approximate surface area is 194 Å². The van der Waals surface area contributed by atoms with Crippen LogP contribution in [0, 0.1) is 0 Å². The topological polar surface area (TPSA) is 112 Å². The van der Waals surface area contributed by atoms with Crippen LogP contribution in [0.5, 0.6) is 0 Å². The van der Waals surface area contributed by atoms with Crippen molar-refractivity contribution < 1.29 is 34.2 Å². The molecule has 7 heteroatoms. The van der Waals surface area contributed by atoms with E-state index in [9.17, 15) is 29.7 Å². The van der Waals surface area contributed by atoms with E-state index in [0.717, 1.165) is 19.3 Å². The predicted molar refractivity (Wildman–Crippen MR) is 127 cm³/mol. The molecular weight excluding hydrogens is 410 g/mol. The zero-order valence-corrected chi connectivity index (χ0v) is 20.6. The van der Waals surface area contributed by atoms with Crippen molar-refractivity contribution in [2.45, 2.75) is 123 Å². The Hall–Kier alpha value is -1.89. The summed E-state index contributed by atoms with van der Waals surface area (Å²) in [4.78, 5) is 35.2. The van der Waals surface area contributed by atoms with Crippen molar-refractivity contribution in [1.29, 1.82) is 0 Å². The molecule has 0 spiro atoms. The molecular formula is C25H46NO6+. The first-order valence-electron chi connectivity index (χ1n) is 12.3. The van der Waals surface area contributed by atoms with Gasteiger partial charge in [-0.25, -0.2) is 14.4 Å². The van der Waals surface area contributed by atoms with E-state index in [0.29, 0.717) is 6.42 Å². The number of unbranched alkanes of at least 4 members (excludes halogenated alkanes) is 10. The van der Waals surface area contributed by atoms with Crippen molar-refractivity contribution in [3.8, 4) is 0 Å². The molecule has 3 atom stereocenters. The van der Waals surface area contributed by atoms with Crippen LogP contribution in [0.1, 0.15) is 105 Å². The summed E-state index contributed by atoms with van der Waals surface area (Å²) >= 11 is 0. The monoisotopic (exact) mass is 456 g/mol. The molecule has 3 unspecified atom stereocenters. The molecule has 32 heavy (non-hydrogen) atoms. The highest BCUT2D eigenvalue weighted by Gasteiger charge is 2.52. The van der Waals surface area contributed by atoms with Crippen LogP contribution in [0.15, 0.2) is 12.2 Å². The summed E-state index contributed by atoms with van der Waals surface area (Å²) in [6.07, 6.45) is 17.9. The molecule has 0 fully saturated rings. The third kappa shape index (κ3) is 10.2. The lowest BCUT2D eigenvalue weighted by Crippen LogP contribution is -2.70. The maximum Gasteiger partial charge on any atom is 0.362 e. The number of carbonyl (C=O) groups is 3. The van der Waals surface area contributed by atoms with E-state index >= 15 is 0 Å². The van der Waals surface area contributed by atoms with Gasteiger partial charge in [0, 0.05) is 0 Å². The number of carboxylic acid groups (broad SMARTS) is 3. The van der Waals surface area contributed by atoms with E-state index in [2.05, 4.69) is 19.1 Å². The third-order valence-electron chi connectivity index (χ3n) is 6.79. The molecule has 0 saturated heterocycles. The summed E-state index contributed by atoms with van der Waals surface area (Å²) in [6, 6.07) is -3.40. The minimum atomic E-state index is -1.18. The molecule has 0 aliphatic rings. The Bertz CT molecular complexity index is 539. The van der Waals surface area contributed by atoms with Crippen molar-refractivity contribution in [3.05, 3.63) is 12.2 Å². The van der Waals surface area contributed by atoms with Gasteiger partial charge in [0.2, 0.25) is 0 Å². The van der Waals surface area contributed by atoms with Gasteiger partial charge in [-0.1, -0.05) is 64.0 Å². The van der Waals surface area contributed by atoms with E-state index in [-0.39, 0.29) is 6.54 Å². The number of hydrogen-bond acceptors (Lipinski definition) is 3. The first kappa shape index (κ1) is 30.1. The minimum absolute atomic E-state index is 0.195. The number of allylic oxidation sites excluding steroid dienone is 2. The molecule has 0 aromatic heterocycles. The van der Waals surface area contributed by atoms with Gasteiger partial charge < -0.3 is 15.3 Å². The second-order valence-corrected chi connectivity index (χ2v) is 8.99. The molecule has 0 amide bonds. The third-order valence-corrected chi connectivity index (χ3v) is 6.79. The molecule has 0 aromatic rings. The normalized spacial score (nSPS) is 16.4. The highest BCUT2D eigenvalue weighted by atomic mass is 16.4. The first-order chi connectivity index (χ1) is 15.1. The van der Waals surface area contributed by atoms with Crippen LogP contribution in [0.3, 0.4) is 0 Å². The van der Waals surface area contributed by atoms with Crippen LogP contribution < -0.4 is 0 Å². The highest BCUT2D eigenvalue weighted by molar-refractivity contribution is 5.77. The van der Waals surface area contributed by atoms with Crippen molar-refractivity contribution in [2.24, 2.45) is 0 Å². The molecule has 0 aliphatic carbocycles. The number of nitrogens with zero attached hydrogens (tertiary/aromatic N) is 1. The van der Waals surface area contributed by atoms with Gasteiger partial charge >= 0.3 is 17.9 Å². The molecule has 0 heterocycles. The average Bonchev–Trinajstić information content (AvgIpc) is 2.75. The maximum absolute atomic E-state index is 11.7. The van der Waals surface area contributed by atoms with Gasteiger partial charge in [-0.15, -0.1) is 0 Å². The second-order valence-electron chi connectivity index (χ2n) is 8.99. The molecule has 0 rings (SSSR count). The summed E-state index contributed by atoms with van der Waals surface area (Å²) in [5, 5.41) is 28.7. The number of hydrogen-bond donors (Lipinski definition) is 3. The molecule has 0 radical (unpaired) electrons. The summed E-state index contributed by atoms with van der Waals surface area (Å²) in [7, 11) is 0. The fourth-order valence-corrected chi connectivity index (χ4v) is 4.48. The largest absolute Gasteiger partial charge is 0.477 e. The lowest BCUT2D eigenvalue weighted by atomic mass is 10.0. The first-order valence-corrected chi connectivity index (χ1v) is 12.3. The van der Waals surface area contributed by atoms with Crippen LogP contribution in [0.2, 0.25) is 0 Å². The number of quaternary nitrogens is 1. The summed E-state index contributed by atoms with van der Waals surface area (Å²) in [5.74, 6) is -3.55. The summed E-state index contributed by atoms with van der Waals surface area (Å²) in [5.41, 5.74) is 0. The molecule has 0 bridgehead atoms. The van der Waals surface area contributed by atoms with Gasteiger partial charge in [0.15, 0.2) is 18.1 Å². The van der Waals surface area contributed by atoms with E-state index in [1.165, 1.54) is 72.1 Å². The Kier molecular flexibility index (Phi) is 15.7. The van der Waals surface area contributed by atoms with E-state index < -0.39 is 40.5 Å². The average molecular weight is 457 g/mol. The van der Waals surface area contributed by atoms with E-state index in [1.54, 1.807) is 0 Å². The molecule has 0 saturated carbocycles.